The zero-order valence-corrected chi connectivity index (χ0v) is 10.8. The molecule has 0 spiro atoms. The van der Waals surface area contributed by atoms with Gasteiger partial charge >= 0.3 is 12.0 Å². The van der Waals surface area contributed by atoms with Crippen LogP contribution in [-0.4, -0.2) is 32.2 Å². The molecule has 1 aromatic carbocycles. The summed E-state index contributed by atoms with van der Waals surface area (Å²) >= 11 is 0. The number of hydrogen-bond acceptors (Lipinski definition) is 4. The first-order valence-electron chi connectivity index (χ1n) is 5.10. The van der Waals surface area contributed by atoms with Crippen LogP contribution in [-0.2, 0) is 4.74 Å². The lowest BCUT2D eigenvalue weighted by Crippen LogP contribution is -2.32. The van der Waals surface area contributed by atoms with Crippen LogP contribution in [0, 0.1) is 0 Å². The lowest BCUT2D eigenvalue weighted by molar-refractivity contribution is 0.0600. The van der Waals surface area contributed by atoms with Crippen LogP contribution in [0.4, 0.5) is 10.5 Å². The van der Waals surface area contributed by atoms with Gasteiger partial charge in [0, 0.05) is 18.8 Å². The van der Waals surface area contributed by atoms with E-state index in [0.717, 1.165) is 0 Å². The van der Waals surface area contributed by atoms with Gasteiger partial charge in [0.25, 0.3) is 0 Å². The van der Waals surface area contributed by atoms with Gasteiger partial charge in [0.05, 0.1) is 12.7 Å². The second kappa shape index (κ2) is 8.32. The number of nitrogens with two attached hydrogens (primary N) is 1. The van der Waals surface area contributed by atoms with E-state index in [-0.39, 0.29) is 18.4 Å². The third-order valence-corrected chi connectivity index (χ3v) is 1.97. The zero-order valence-electron chi connectivity index (χ0n) is 9.93. The van der Waals surface area contributed by atoms with Crippen molar-refractivity contribution in [2.45, 2.75) is 0 Å². The predicted octanol–water partition coefficient (Wildman–Crippen LogP) is 0.975. The number of rotatable bonds is 4. The van der Waals surface area contributed by atoms with Gasteiger partial charge in [-0.25, -0.2) is 9.59 Å². The van der Waals surface area contributed by atoms with E-state index in [0.29, 0.717) is 24.3 Å². The second-order valence-electron chi connectivity index (χ2n) is 3.24. The van der Waals surface area contributed by atoms with Crippen LogP contribution in [0.15, 0.2) is 24.3 Å². The SMILES string of the molecule is COC(=O)c1cccc(NC(=O)NCCN)c1.Cl. The van der Waals surface area contributed by atoms with Gasteiger partial charge in [0.15, 0.2) is 0 Å². The Labute approximate surface area is 111 Å². The lowest BCUT2D eigenvalue weighted by Gasteiger charge is -2.07. The molecule has 1 rings (SSSR count). The Morgan fingerprint density at radius 2 is 2.11 bits per heavy atom. The summed E-state index contributed by atoms with van der Waals surface area (Å²) < 4.78 is 4.58. The highest BCUT2D eigenvalue weighted by molar-refractivity contribution is 5.93. The number of amides is 2. The minimum Gasteiger partial charge on any atom is -0.465 e. The number of benzene rings is 1. The molecule has 1 aromatic rings. The monoisotopic (exact) mass is 273 g/mol. The molecule has 0 fully saturated rings. The van der Waals surface area contributed by atoms with Crippen molar-refractivity contribution in [2.24, 2.45) is 5.73 Å². The molecule has 2 amide bonds. The molecular weight excluding hydrogens is 258 g/mol. The Bertz CT molecular complexity index is 412. The third-order valence-electron chi connectivity index (χ3n) is 1.97. The maximum atomic E-state index is 11.3. The van der Waals surface area contributed by atoms with E-state index < -0.39 is 5.97 Å². The van der Waals surface area contributed by atoms with E-state index in [4.69, 9.17) is 5.73 Å². The van der Waals surface area contributed by atoms with Crippen LogP contribution < -0.4 is 16.4 Å². The summed E-state index contributed by atoms with van der Waals surface area (Å²) in [7, 11) is 1.30. The van der Waals surface area contributed by atoms with Crippen molar-refractivity contribution in [3.63, 3.8) is 0 Å². The van der Waals surface area contributed by atoms with Gasteiger partial charge in [-0.2, -0.15) is 0 Å². The molecule has 0 aliphatic heterocycles. The van der Waals surface area contributed by atoms with Crippen molar-refractivity contribution < 1.29 is 14.3 Å². The number of halogens is 1. The topological polar surface area (TPSA) is 93.4 Å². The number of ether oxygens (including phenoxy) is 1. The summed E-state index contributed by atoms with van der Waals surface area (Å²) in [5, 5.41) is 5.13. The van der Waals surface area contributed by atoms with Crippen LogP contribution in [0.5, 0.6) is 0 Å². The van der Waals surface area contributed by atoms with Gasteiger partial charge in [-0.05, 0) is 18.2 Å². The summed E-state index contributed by atoms with van der Waals surface area (Å²) in [5.41, 5.74) is 6.14. The molecule has 4 N–H and O–H groups in total. The molecule has 0 saturated carbocycles. The Balaban J connectivity index is 0.00000289. The standard InChI is InChI=1S/C11H15N3O3.ClH/c1-17-10(15)8-3-2-4-9(7-8)14-11(16)13-6-5-12;/h2-4,7H,5-6,12H2,1H3,(H2,13,14,16);1H. The van der Waals surface area contributed by atoms with Gasteiger partial charge in [0.2, 0.25) is 0 Å². The molecule has 7 heteroatoms. The van der Waals surface area contributed by atoms with Gasteiger partial charge in [0.1, 0.15) is 0 Å². The first-order chi connectivity index (χ1) is 8.17. The van der Waals surface area contributed by atoms with E-state index in [1.165, 1.54) is 13.2 Å². The highest BCUT2D eigenvalue weighted by Crippen LogP contribution is 2.11. The maximum absolute atomic E-state index is 11.3. The molecule has 0 bridgehead atoms. The van der Waals surface area contributed by atoms with Crippen LogP contribution in [0.1, 0.15) is 10.4 Å². The Hall–Kier alpha value is -1.79. The van der Waals surface area contributed by atoms with Crippen LogP contribution in [0.2, 0.25) is 0 Å². The molecule has 0 saturated heterocycles. The minimum absolute atomic E-state index is 0. The minimum atomic E-state index is -0.448. The van der Waals surface area contributed by atoms with Crippen molar-refractivity contribution in [2.75, 3.05) is 25.5 Å². The number of hydrogen-bond donors (Lipinski definition) is 3. The molecule has 0 atom stereocenters. The van der Waals surface area contributed by atoms with Crippen molar-refractivity contribution in [3.8, 4) is 0 Å². The predicted molar refractivity (Wildman–Crippen MR) is 71.1 cm³/mol. The first-order valence-corrected chi connectivity index (χ1v) is 5.10. The van der Waals surface area contributed by atoms with Gasteiger partial charge in [-0.1, -0.05) is 6.07 Å². The number of anilines is 1. The van der Waals surface area contributed by atoms with Gasteiger partial charge in [-0.3, -0.25) is 0 Å². The number of methoxy groups -OCH3 is 1. The van der Waals surface area contributed by atoms with Gasteiger partial charge < -0.3 is 21.1 Å². The number of carbonyl (C=O) groups excluding carboxylic acids is 2. The highest BCUT2D eigenvalue weighted by Gasteiger charge is 2.06. The van der Waals surface area contributed by atoms with E-state index in [9.17, 15) is 9.59 Å². The maximum Gasteiger partial charge on any atom is 0.337 e. The summed E-state index contributed by atoms with van der Waals surface area (Å²) in [6, 6.07) is 6.11. The van der Waals surface area contributed by atoms with Crippen LogP contribution in [0.3, 0.4) is 0 Å². The number of urea groups is 1. The largest absolute Gasteiger partial charge is 0.465 e. The summed E-state index contributed by atoms with van der Waals surface area (Å²) in [4.78, 5) is 22.6. The molecule has 0 aliphatic carbocycles. The first kappa shape index (κ1) is 16.2. The summed E-state index contributed by atoms with van der Waals surface area (Å²) in [5.74, 6) is -0.448. The van der Waals surface area contributed by atoms with Crippen LogP contribution >= 0.6 is 12.4 Å². The fourth-order valence-corrected chi connectivity index (χ4v) is 1.20. The molecule has 0 unspecified atom stereocenters. The van der Waals surface area contributed by atoms with Crippen LogP contribution in [0.25, 0.3) is 0 Å². The molecule has 0 aliphatic rings. The van der Waals surface area contributed by atoms with Crippen molar-refractivity contribution in [3.05, 3.63) is 29.8 Å². The normalized spacial score (nSPS) is 9.00. The number of esters is 1. The van der Waals surface area contributed by atoms with E-state index in [1.54, 1.807) is 18.2 Å². The molecular formula is C11H16ClN3O3. The Kier molecular flexibility index (Phi) is 7.50. The Morgan fingerprint density at radius 1 is 1.39 bits per heavy atom. The molecule has 18 heavy (non-hydrogen) atoms. The average molecular weight is 274 g/mol. The van der Waals surface area contributed by atoms with Crippen molar-refractivity contribution in [1.29, 1.82) is 0 Å². The molecule has 0 radical (unpaired) electrons. The summed E-state index contributed by atoms with van der Waals surface area (Å²) in [6.07, 6.45) is 0. The fraction of sp³-hybridized carbons (Fsp3) is 0.273. The second-order valence-corrected chi connectivity index (χ2v) is 3.24. The summed E-state index contributed by atoms with van der Waals surface area (Å²) in [6.45, 7) is 0.762. The highest BCUT2D eigenvalue weighted by atomic mass is 35.5. The fourth-order valence-electron chi connectivity index (χ4n) is 1.20. The smallest absolute Gasteiger partial charge is 0.337 e. The lowest BCUT2D eigenvalue weighted by atomic mass is 10.2. The number of nitrogens with one attached hydrogen (secondary N) is 2. The number of carbonyl (C=O) groups is 2. The Morgan fingerprint density at radius 3 is 2.72 bits per heavy atom. The third kappa shape index (κ3) is 5.03. The van der Waals surface area contributed by atoms with E-state index >= 15 is 0 Å². The molecule has 0 aromatic heterocycles. The average Bonchev–Trinajstić information content (AvgIpc) is 2.35. The quantitative estimate of drug-likeness (QED) is 0.713. The van der Waals surface area contributed by atoms with E-state index in [2.05, 4.69) is 15.4 Å². The van der Waals surface area contributed by atoms with E-state index in [1.807, 2.05) is 0 Å². The van der Waals surface area contributed by atoms with Crippen molar-refractivity contribution >= 4 is 30.1 Å². The zero-order chi connectivity index (χ0) is 12.7. The van der Waals surface area contributed by atoms with Crippen molar-refractivity contribution in [1.82, 2.24) is 5.32 Å². The molecule has 100 valence electrons. The molecule has 6 nitrogen and oxygen atoms in total. The van der Waals surface area contributed by atoms with Gasteiger partial charge in [-0.15, -0.1) is 12.4 Å². The molecule has 0 heterocycles.